The van der Waals surface area contributed by atoms with Crippen LogP contribution in [-0.2, 0) is 13.5 Å². The maximum Gasteiger partial charge on any atom is 0.0527 e. The number of rotatable bonds is 1. The first-order valence-electron chi connectivity index (χ1n) is 6.58. The third-order valence-electron chi connectivity index (χ3n) is 4.29. The molecule has 0 radical (unpaired) electrons. The average Bonchev–Trinajstić information content (AvgIpc) is 2.68. The van der Waals surface area contributed by atoms with Crippen LogP contribution in [0.5, 0.6) is 0 Å². The summed E-state index contributed by atoms with van der Waals surface area (Å²) in [5, 5.41) is 5.69. The quantitative estimate of drug-likeness (QED) is 0.829. The summed E-state index contributed by atoms with van der Waals surface area (Å²) < 4.78 is 2.34. The zero-order valence-electron chi connectivity index (χ0n) is 11.2. The summed E-state index contributed by atoms with van der Waals surface area (Å²) in [6, 6.07) is 4.69. The molecule has 2 nitrogen and oxygen atoms in total. The van der Waals surface area contributed by atoms with Gasteiger partial charge in [0.1, 0.15) is 0 Å². The second-order valence-electron chi connectivity index (χ2n) is 5.22. The van der Waals surface area contributed by atoms with Gasteiger partial charge in [0.25, 0.3) is 0 Å². The van der Waals surface area contributed by atoms with Crippen LogP contribution in [0.1, 0.15) is 35.7 Å². The molecule has 1 aliphatic rings. The molecule has 3 rings (SSSR count). The first kappa shape index (κ1) is 12.1. The van der Waals surface area contributed by atoms with E-state index in [2.05, 4.69) is 37.0 Å². The van der Waals surface area contributed by atoms with E-state index in [-0.39, 0.29) is 0 Å². The first-order valence-corrected chi connectivity index (χ1v) is 6.96. The Morgan fingerprint density at radius 2 is 2.17 bits per heavy atom. The van der Waals surface area contributed by atoms with Gasteiger partial charge in [0.2, 0.25) is 0 Å². The molecular formula is C15H19ClN2. The highest BCUT2D eigenvalue weighted by Gasteiger charge is 2.26. The largest absolute Gasteiger partial charge is 0.346 e. The maximum atomic E-state index is 6.26. The SMILES string of the molecule is CNC1CCCc2c1n(C)c1c(C)c(Cl)ccc21. The van der Waals surface area contributed by atoms with E-state index in [1.807, 2.05) is 6.07 Å². The monoisotopic (exact) mass is 262 g/mol. The molecule has 0 saturated carbocycles. The van der Waals surface area contributed by atoms with Crippen molar-refractivity contribution in [3.63, 3.8) is 0 Å². The highest BCUT2D eigenvalue weighted by atomic mass is 35.5. The van der Waals surface area contributed by atoms with E-state index >= 15 is 0 Å². The first-order chi connectivity index (χ1) is 8.65. The van der Waals surface area contributed by atoms with Crippen molar-refractivity contribution in [1.82, 2.24) is 9.88 Å². The fourth-order valence-electron chi connectivity index (χ4n) is 3.42. The lowest BCUT2D eigenvalue weighted by Crippen LogP contribution is -2.23. The number of aryl methyl sites for hydroxylation is 3. The van der Waals surface area contributed by atoms with Crippen molar-refractivity contribution < 1.29 is 0 Å². The molecular weight excluding hydrogens is 244 g/mol. The normalized spacial score (nSPS) is 19.2. The van der Waals surface area contributed by atoms with E-state index in [9.17, 15) is 0 Å². The van der Waals surface area contributed by atoms with Gasteiger partial charge >= 0.3 is 0 Å². The highest BCUT2D eigenvalue weighted by molar-refractivity contribution is 6.32. The molecule has 0 amide bonds. The van der Waals surface area contributed by atoms with Gasteiger partial charge in [0.15, 0.2) is 0 Å². The van der Waals surface area contributed by atoms with Gasteiger partial charge in [-0.05, 0) is 50.4 Å². The standard InChI is InChI=1S/C15H19ClN2/c1-9-12(16)8-7-11-10-5-4-6-13(17-2)15(10)18(3)14(9)11/h7-8,13,17H,4-6H2,1-3H3. The summed E-state index contributed by atoms with van der Waals surface area (Å²) in [6.07, 6.45) is 3.67. The molecule has 1 atom stereocenters. The highest BCUT2D eigenvalue weighted by Crippen LogP contribution is 2.38. The molecule has 0 bridgehead atoms. The number of hydrogen-bond donors (Lipinski definition) is 1. The molecule has 1 unspecified atom stereocenters. The van der Waals surface area contributed by atoms with Crippen LogP contribution in [0.25, 0.3) is 10.9 Å². The minimum atomic E-state index is 0.476. The van der Waals surface area contributed by atoms with Crippen LogP contribution in [0.15, 0.2) is 12.1 Å². The number of halogens is 1. The van der Waals surface area contributed by atoms with Crippen LogP contribution in [0.3, 0.4) is 0 Å². The van der Waals surface area contributed by atoms with Crippen molar-refractivity contribution in [1.29, 1.82) is 0 Å². The van der Waals surface area contributed by atoms with Crippen molar-refractivity contribution >= 4 is 22.5 Å². The molecule has 2 aromatic rings. The van der Waals surface area contributed by atoms with Gasteiger partial charge in [-0.3, -0.25) is 0 Å². The Hall–Kier alpha value is -0.990. The van der Waals surface area contributed by atoms with Crippen LogP contribution in [0.4, 0.5) is 0 Å². The molecule has 3 heteroatoms. The topological polar surface area (TPSA) is 17.0 Å². The van der Waals surface area contributed by atoms with Crippen LogP contribution < -0.4 is 5.32 Å². The second-order valence-corrected chi connectivity index (χ2v) is 5.63. The Bertz CT molecular complexity index is 613. The van der Waals surface area contributed by atoms with E-state index in [0.29, 0.717) is 6.04 Å². The van der Waals surface area contributed by atoms with Crippen molar-refractivity contribution in [2.45, 2.75) is 32.2 Å². The van der Waals surface area contributed by atoms with E-state index in [4.69, 9.17) is 11.6 Å². The fraction of sp³-hybridized carbons (Fsp3) is 0.467. The lowest BCUT2D eigenvalue weighted by atomic mass is 9.91. The number of hydrogen-bond acceptors (Lipinski definition) is 1. The molecule has 0 aliphatic heterocycles. The molecule has 96 valence electrons. The van der Waals surface area contributed by atoms with Crippen LogP contribution >= 0.6 is 11.6 Å². The van der Waals surface area contributed by atoms with Crippen LogP contribution in [-0.4, -0.2) is 11.6 Å². The molecule has 0 saturated heterocycles. The Kier molecular flexibility index (Phi) is 2.87. The molecule has 1 aromatic heterocycles. The van der Waals surface area contributed by atoms with Gasteiger partial charge in [0, 0.05) is 29.2 Å². The van der Waals surface area contributed by atoms with E-state index in [0.717, 1.165) is 5.02 Å². The minimum absolute atomic E-state index is 0.476. The summed E-state index contributed by atoms with van der Waals surface area (Å²) in [4.78, 5) is 0. The summed E-state index contributed by atoms with van der Waals surface area (Å²) in [7, 11) is 4.22. The summed E-state index contributed by atoms with van der Waals surface area (Å²) >= 11 is 6.26. The zero-order valence-corrected chi connectivity index (χ0v) is 11.9. The molecule has 0 fully saturated rings. The van der Waals surface area contributed by atoms with Gasteiger partial charge in [-0.25, -0.2) is 0 Å². The van der Waals surface area contributed by atoms with E-state index in [1.165, 1.54) is 47.0 Å². The lowest BCUT2D eigenvalue weighted by Gasteiger charge is -2.24. The summed E-state index contributed by atoms with van der Waals surface area (Å²) in [5.74, 6) is 0. The Morgan fingerprint density at radius 3 is 2.89 bits per heavy atom. The lowest BCUT2D eigenvalue weighted by molar-refractivity contribution is 0.474. The number of benzene rings is 1. The van der Waals surface area contributed by atoms with Crippen molar-refractivity contribution in [3.8, 4) is 0 Å². The van der Waals surface area contributed by atoms with Gasteiger partial charge in [-0.1, -0.05) is 17.7 Å². The summed E-state index contributed by atoms with van der Waals surface area (Å²) in [6.45, 7) is 2.12. The van der Waals surface area contributed by atoms with Crippen LogP contribution in [0, 0.1) is 6.92 Å². The predicted molar refractivity (Wildman–Crippen MR) is 77.4 cm³/mol. The van der Waals surface area contributed by atoms with Gasteiger partial charge in [-0.15, -0.1) is 0 Å². The minimum Gasteiger partial charge on any atom is -0.346 e. The van der Waals surface area contributed by atoms with Crippen molar-refractivity contribution in [2.24, 2.45) is 7.05 Å². The molecule has 1 aliphatic carbocycles. The van der Waals surface area contributed by atoms with E-state index < -0.39 is 0 Å². The number of fused-ring (bicyclic) bond motifs is 3. The van der Waals surface area contributed by atoms with Crippen LogP contribution in [0.2, 0.25) is 5.02 Å². The third kappa shape index (κ3) is 1.52. The molecule has 18 heavy (non-hydrogen) atoms. The number of nitrogens with one attached hydrogen (secondary N) is 1. The summed E-state index contributed by atoms with van der Waals surface area (Å²) in [5.41, 5.74) is 5.46. The maximum absolute atomic E-state index is 6.26. The Labute approximate surface area is 113 Å². The molecule has 1 N–H and O–H groups in total. The van der Waals surface area contributed by atoms with E-state index in [1.54, 1.807) is 0 Å². The van der Waals surface area contributed by atoms with Gasteiger partial charge in [-0.2, -0.15) is 0 Å². The second kappa shape index (κ2) is 4.29. The van der Waals surface area contributed by atoms with Crippen molar-refractivity contribution in [3.05, 3.63) is 34.0 Å². The average molecular weight is 263 g/mol. The molecule has 1 aromatic carbocycles. The molecule has 1 heterocycles. The number of nitrogens with zero attached hydrogens (tertiary/aromatic N) is 1. The van der Waals surface area contributed by atoms with Crippen molar-refractivity contribution in [2.75, 3.05) is 7.05 Å². The number of aromatic nitrogens is 1. The fourth-order valence-corrected chi connectivity index (χ4v) is 3.57. The Morgan fingerprint density at radius 1 is 1.39 bits per heavy atom. The Balaban J connectivity index is 2.38. The van der Waals surface area contributed by atoms with Gasteiger partial charge in [0.05, 0.1) is 5.52 Å². The predicted octanol–water partition coefficient (Wildman–Crippen LogP) is 3.74. The smallest absolute Gasteiger partial charge is 0.0527 e. The third-order valence-corrected chi connectivity index (χ3v) is 4.70. The zero-order chi connectivity index (χ0) is 12.9. The molecule has 0 spiro atoms. The van der Waals surface area contributed by atoms with Gasteiger partial charge < -0.3 is 9.88 Å².